The van der Waals surface area contributed by atoms with E-state index in [1.807, 2.05) is 30.3 Å². The monoisotopic (exact) mass is 414 g/mol. The number of rotatable bonds is 6. The van der Waals surface area contributed by atoms with Gasteiger partial charge >= 0.3 is 0 Å². The van der Waals surface area contributed by atoms with Gasteiger partial charge in [0.1, 0.15) is 11.4 Å². The molecule has 1 N–H and O–H groups in total. The van der Waals surface area contributed by atoms with Gasteiger partial charge in [-0.25, -0.2) is 4.98 Å². The number of fused-ring (bicyclic) bond motifs is 1. The smallest absolute Gasteiger partial charge is 0.282 e. The quantitative estimate of drug-likeness (QED) is 0.382. The van der Waals surface area contributed by atoms with Crippen molar-refractivity contribution >= 4 is 22.5 Å². The number of carbonyl (C=O) groups excluding carboxylic acids is 1. The lowest BCUT2D eigenvalue weighted by atomic mass is 10.1. The molecule has 0 saturated heterocycles. The van der Waals surface area contributed by atoms with Crippen molar-refractivity contribution in [3.63, 3.8) is 0 Å². The van der Waals surface area contributed by atoms with Crippen LogP contribution in [0.2, 0.25) is 0 Å². The molecule has 0 aliphatic rings. The minimum Gasteiger partial charge on any atom is -0.327 e. The number of aromatic amines is 1. The minimum atomic E-state index is -0.579. The van der Waals surface area contributed by atoms with Crippen molar-refractivity contribution in [2.45, 2.75) is 13.1 Å². The summed E-state index contributed by atoms with van der Waals surface area (Å²) in [6, 6.07) is 22.0. The summed E-state index contributed by atoms with van der Waals surface area (Å²) >= 11 is 0. The molecule has 0 radical (unpaired) electrons. The van der Waals surface area contributed by atoms with Crippen molar-refractivity contribution in [2.24, 2.45) is 0 Å². The molecule has 0 saturated carbocycles. The Balaban J connectivity index is 1.74. The molecule has 0 unspecified atom stereocenters. The fraction of sp³-hybridized carbons (Fsp3) is 0.0870. The van der Waals surface area contributed by atoms with E-state index in [1.54, 1.807) is 30.3 Å². The maximum absolute atomic E-state index is 13.3. The first-order valence-electron chi connectivity index (χ1n) is 9.57. The highest BCUT2D eigenvalue weighted by Gasteiger charge is 2.25. The van der Waals surface area contributed by atoms with Crippen LogP contribution in [-0.2, 0) is 13.1 Å². The van der Waals surface area contributed by atoms with Gasteiger partial charge in [-0.05, 0) is 23.8 Å². The number of benzene rings is 3. The Kier molecular flexibility index (Phi) is 5.53. The first-order valence-corrected chi connectivity index (χ1v) is 9.57. The number of aromatic nitrogens is 2. The molecule has 3 aromatic carbocycles. The molecule has 31 heavy (non-hydrogen) atoms. The van der Waals surface area contributed by atoms with Crippen LogP contribution in [0.1, 0.15) is 21.7 Å². The molecule has 0 fully saturated rings. The predicted molar refractivity (Wildman–Crippen MR) is 115 cm³/mol. The van der Waals surface area contributed by atoms with E-state index in [0.717, 1.165) is 5.56 Å². The Morgan fingerprint density at radius 3 is 2.39 bits per heavy atom. The van der Waals surface area contributed by atoms with Gasteiger partial charge in [-0.3, -0.25) is 19.7 Å². The van der Waals surface area contributed by atoms with Crippen LogP contribution < -0.4 is 5.56 Å². The third-order valence-electron chi connectivity index (χ3n) is 4.84. The summed E-state index contributed by atoms with van der Waals surface area (Å²) in [5.74, 6) is -0.224. The summed E-state index contributed by atoms with van der Waals surface area (Å²) in [6.07, 6.45) is 0. The molecule has 0 bridgehead atoms. The number of amides is 1. The average Bonchev–Trinajstić information content (AvgIpc) is 2.79. The molecule has 8 nitrogen and oxygen atoms in total. The van der Waals surface area contributed by atoms with Crippen LogP contribution in [0.4, 0.5) is 5.69 Å². The van der Waals surface area contributed by atoms with E-state index >= 15 is 0 Å². The van der Waals surface area contributed by atoms with Crippen LogP contribution in [0.3, 0.4) is 0 Å². The number of carbonyl (C=O) groups is 1. The normalized spacial score (nSPS) is 10.7. The molecule has 1 aromatic heterocycles. The van der Waals surface area contributed by atoms with Gasteiger partial charge in [0.2, 0.25) is 0 Å². The molecular formula is C23H18N4O4. The second kappa shape index (κ2) is 8.58. The summed E-state index contributed by atoms with van der Waals surface area (Å²) in [5, 5.41) is 11.9. The van der Waals surface area contributed by atoms with E-state index in [9.17, 15) is 19.7 Å². The van der Waals surface area contributed by atoms with Gasteiger partial charge < -0.3 is 9.88 Å². The van der Waals surface area contributed by atoms with Crippen molar-refractivity contribution in [3.05, 3.63) is 116 Å². The van der Waals surface area contributed by atoms with Gasteiger partial charge in [0.15, 0.2) is 0 Å². The number of hydrogen-bond acceptors (Lipinski definition) is 5. The highest BCUT2D eigenvalue weighted by Crippen LogP contribution is 2.21. The second-order valence-electron chi connectivity index (χ2n) is 6.95. The van der Waals surface area contributed by atoms with Crippen LogP contribution in [0.5, 0.6) is 0 Å². The van der Waals surface area contributed by atoms with Gasteiger partial charge in [0, 0.05) is 12.6 Å². The van der Waals surface area contributed by atoms with E-state index in [4.69, 9.17) is 0 Å². The lowest BCUT2D eigenvalue weighted by Crippen LogP contribution is -2.32. The lowest BCUT2D eigenvalue weighted by Gasteiger charge is -2.22. The Morgan fingerprint density at radius 1 is 0.935 bits per heavy atom. The first kappa shape index (κ1) is 20.0. The fourth-order valence-corrected chi connectivity index (χ4v) is 3.38. The Bertz CT molecular complexity index is 1320. The molecule has 0 aliphatic carbocycles. The van der Waals surface area contributed by atoms with Crippen molar-refractivity contribution in [1.29, 1.82) is 0 Å². The molecule has 1 amide bonds. The predicted octanol–water partition coefficient (Wildman–Crippen LogP) is 3.67. The molecule has 0 spiro atoms. The Hall–Kier alpha value is -4.33. The third kappa shape index (κ3) is 4.32. The first-order chi connectivity index (χ1) is 15.0. The summed E-state index contributed by atoms with van der Waals surface area (Å²) < 4.78 is 0. The molecule has 4 rings (SSSR count). The van der Waals surface area contributed by atoms with Gasteiger partial charge in [0.25, 0.3) is 17.2 Å². The molecule has 1 heterocycles. The topological polar surface area (TPSA) is 109 Å². The van der Waals surface area contributed by atoms with Crippen molar-refractivity contribution in [2.75, 3.05) is 0 Å². The van der Waals surface area contributed by atoms with Gasteiger partial charge in [-0.2, -0.15) is 0 Å². The van der Waals surface area contributed by atoms with Crippen molar-refractivity contribution < 1.29 is 9.72 Å². The molecule has 0 atom stereocenters. The van der Waals surface area contributed by atoms with Gasteiger partial charge in [0.05, 0.1) is 22.4 Å². The number of hydrogen-bond donors (Lipinski definition) is 1. The summed E-state index contributed by atoms with van der Waals surface area (Å²) in [5.41, 5.74) is 0.757. The summed E-state index contributed by atoms with van der Waals surface area (Å²) in [6.45, 7) is 0.183. The van der Waals surface area contributed by atoms with E-state index < -0.39 is 10.8 Å². The number of nitro groups is 1. The third-order valence-corrected chi connectivity index (χ3v) is 4.84. The van der Waals surface area contributed by atoms with Gasteiger partial charge in [-0.1, -0.05) is 54.6 Å². The Labute approximate surface area is 176 Å². The fourth-order valence-electron chi connectivity index (χ4n) is 3.38. The second-order valence-corrected chi connectivity index (χ2v) is 6.95. The van der Waals surface area contributed by atoms with Crippen LogP contribution in [0.15, 0.2) is 83.7 Å². The van der Waals surface area contributed by atoms with E-state index in [0.29, 0.717) is 16.7 Å². The Morgan fingerprint density at radius 2 is 1.61 bits per heavy atom. The van der Waals surface area contributed by atoms with Crippen LogP contribution in [-0.4, -0.2) is 25.7 Å². The van der Waals surface area contributed by atoms with Crippen LogP contribution >= 0.6 is 0 Å². The highest BCUT2D eigenvalue weighted by atomic mass is 16.6. The number of nitro benzene ring substituents is 1. The van der Waals surface area contributed by atoms with E-state index in [-0.39, 0.29) is 29.9 Å². The molecule has 154 valence electrons. The number of nitrogens with one attached hydrogen (secondary N) is 1. The largest absolute Gasteiger partial charge is 0.327 e. The zero-order chi connectivity index (χ0) is 21.8. The maximum Gasteiger partial charge on any atom is 0.282 e. The van der Waals surface area contributed by atoms with Crippen LogP contribution in [0, 0.1) is 10.1 Å². The van der Waals surface area contributed by atoms with E-state index in [2.05, 4.69) is 9.97 Å². The van der Waals surface area contributed by atoms with Gasteiger partial charge in [-0.15, -0.1) is 0 Å². The minimum absolute atomic E-state index is 0.0140. The zero-order valence-corrected chi connectivity index (χ0v) is 16.4. The SMILES string of the molecule is O=C(c1ccccc1[N+](=O)[O-])N(Cc1ccccc1)Cc1nc2ccccc2c(=O)[nH]1. The molecular weight excluding hydrogens is 396 g/mol. The number of H-pyrrole nitrogens is 1. The molecule has 4 aromatic rings. The van der Waals surface area contributed by atoms with Crippen molar-refractivity contribution in [1.82, 2.24) is 14.9 Å². The number of nitrogens with zero attached hydrogens (tertiary/aromatic N) is 3. The summed E-state index contributed by atoms with van der Waals surface area (Å²) in [7, 11) is 0. The molecule has 0 aliphatic heterocycles. The molecule has 8 heteroatoms. The number of para-hydroxylation sites is 2. The standard InChI is InChI=1S/C23H18N4O4/c28-22-17-10-4-6-12-19(17)24-21(25-22)15-26(14-16-8-2-1-3-9-16)23(29)18-11-5-7-13-20(18)27(30)31/h1-13H,14-15H2,(H,24,25,28). The highest BCUT2D eigenvalue weighted by molar-refractivity contribution is 5.98. The lowest BCUT2D eigenvalue weighted by molar-refractivity contribution is -0.385. The van der Waals surface area contributed by atoms with Crippen molar-refractivity contribution in [3.8, 4) is 0 Å². The average molecular weight is 414 g/mol. The maximum atomic E-state index is 13.3. The zero-order valence-electron chi connectivity index (χ0n) is 16.4. The summed E-state index contributed by atoms with van der Waals surface area (Å²) in [4.78, 5) is 45.2. The van der Waals surface area contributed by atoms with Crippen LogP contribution in [0.25, 0.3) is 10.9 Å². The van der Waals surface area contributed by atoms with E-state index in [1.165, 1.54) is 23.1 Å².